The first kappa shape index (κ1) is 13.8. The van der Waals surface area contributed by atoms with Gasteiger partial charge in [0.25, 0.3) is 0 Å². The highest BCUT2D eigenvalue weighted by molar-refractivity contribution is 6.30. The molecule has 2 nitrogen and oxygen atoms in total. The van der Waals surface area contributed by atoms with Gasteiger partial charge in [-0.3, -0.25) is 4.79 Å². The average molecular weight is 275 g/mol. The Balaban J connectivity index is 1.91. The lowest BCUT2D eigenvalue weighted by Crippen LogP contribution is -2.10. The maximum absolute atomic E-state index is 12.0. The quantitative estimate of drug-likeness (QED) is 0.769. The summed E-state index contributed by atoms with van der Waals surface area (Å²) < 4.78 is 5.44. The van der Waals surface area contributed by atoms with Crippen LogP contribution < -0.4 is 0 Å². The molecule has 0 radical (unpaired) electrons. The first-order chi connectivity index (χ1) is 9.16. The molecule has 0 aromatic heterocycles. The predicted octanol–water partition coefficient (Wildman–Crippen LogP) is 4.05. The van der Waals surface area contributed by atoms with Gasteiger partial charge in [0.1, 0.15) is 6.61 Å². The van der Waals surface area contributed by atoms with E-state index in [1.54, 1.807) is 18.2 Å². The summed E-state index contributed by atoms with van der Waals surface area (Å²) in [5.74, 6) is -0.0231. The second-order valence-electron chi connectivity index (χ2n) is 4.36. The first-order valence-electron chi connectivity index (χ1n) is 6.08. The van der Waals surface area contributed by atoms with Crippen molar-refractivity contribution in [3.05, 3.63) is 70.2 Å². The lowest BCUT2D eigenvalue weighted by Gasteiger charge is -2.06. The van der Waals surface area contributed by atoms with Crippen molar-refractivity contribution in [2.75, 3.05) is 6.61 Å². The maximum Gasteiger partial charge on any atom is 0.188 e. The molecule has 0 unspecified atom stereocenters. The highest BCUT2D eigenvalue weighted by atomic mass is 35.5. The molecule has 0 atom stereocenters. The van der Waals surface area contributed by atoms with Gasteiger partial charge >= 0.3 is 0 Å². The van der Waals surface area contributed by atoms with Gasteiger partial charge in [0.2, 0.25) is 0 Å². The van der Waals surface area contributed by atoms with Crippen LogP contribution in [-0.2, 0) is 11.3 Å². The van der Waals surface area contributed by atoms with Crippen molar-refractivity contribution in [2.24, 2.45) is 0 Å². The minimum atomic E-state index is -0.0231. The molecule has 19 heavy (non-hydrogen) atoms. The van der Waals surface area contributed by atoms with Crippen LogP contribution in [0, 0.1) is 6.92 Å². The molecule has 0 bridgehead atoms. The molecular formula is C16H15ClO2. The smallest absolute Gasteiger partial charge is 0.188 e. The third-order valence-corrected chi connectivity index (χ3v) is 3.07. The molecule has 3 heteroatoms. The molecule has 0 aliphatic heterocycles. The Kier molecular flexibility index (Phi) is 4.72. The van der Waals surface area contributed by atoms with E-state index in [1.165, 1.54) is 0 Å². The van der Waals surface area contributed by atoms with E-state index < -0.39 is 0 Å². The van der Waals surface area contributed by atoms with Crippen LogP contribution in [-0.4, -0.2) is 12.4 Å². The largest absolute Gasteiger partial charge is 0.369 e. The van der Waals surface area contributed by atoms with Crippen LogP contribution in [0.2, 0.25) is 5.02 Å². The average Bonchev–Trinajstić information content (AvgIpc) is 2.39. The van der Waals surface area contributed by atoms with Crippen LogP contribution in [0.4, 0.5) is 0 Å². The summed E-state index contributed by atoms with van der Waals surface area (Å²) in [6.45, 7) is 2.40. The number of Topliss-reactive ketones (excluding diaryl/α,β-unsaturated/α-hetero) is 1. The molecule has 0 N–H and O–H groups in total. The normalized spacial score (nSPS) is 10.4. The third-order valence-electron chi connectivity index (χ3n) is 2.83. The number of aryl methyl sites for hydroxylation is 1. The van der Waals surface area contributed by atoms with Crippen LogP contribution in [0.25, 0.3) is 0 Å². The standard InChI is InChI=1S/C16H15ClO2/c1-12-9-14(17)7-8-15(12)16(18)11-19-10-13-5-3-2-4-6-13/h2-9H,10-11H2,1H3. The highest BCUT2D eigenvalue weighted by Gasteiger charge is 2.09. The van der Waals surface area contributed by atoms with Crippen molar-refractivity contribution in [1.29, 1.82) is 0 Å². The first-order valence-corrected chi connectivity index (χ1v) is 6.45. The summed E-state index contributed by atoms with van der Waals surface area (Å²) in [7, 11) is 0. The molecule has 0 aliphatic rings. The zero-order valence-electron chi connectivity index (χ0n) is 10.7. The number of carbonyl (C=O) groups is 1. The Morgan fingerprint density at radius 2 is 1.89 bits per heavy atom. The monoisotopic (exact) mass is 274 g/mol. The van der Waals surface area contributed by atoms with E-state index in [-0.39, 0.29) is 12.4 Å². The van der Waals surface area contributed by atoms with Crippen molar-refractivity contribution in [3.8, 4) is 0 Å². The lowest BCUT2D eigenvalue weighted by atomic mass is 10.1. The van der Waals surface area contributed by atoms with Gasteiger partial charge in [-0.25, -0.2) is 0 Å². The molecule has 0 aliphatic carbocycles. The van der Waals surface area contributed by atoms with Crippen LogP contribution in [0.3, 0.4) is 0 Å². The van der Waals surface area contributed by atoms with Gasteiger partial charge in [-0.05, 0) is 36.2 Å². The van der Waals surface area contributed by atoms with E-state index in [0.29, 0.717) is 17.2 Å². The molecule has 2 aromatic rings. The molecule has 0 saturated heterocycles. The summed E-state index contributed by atoms with van der Waals surface area (Å²) in [5.41, 5.74) is 2.60. The number of hydrogen-bond donors (Lipinski definition) is 0. The van der Waals surface area contributed by atoms with Crippen LogP contribution in [0.15, 0.2) is 48.5 Å². The molecule has 2 aromatic carbocycles. The molecule has 0 spiro atoms. The lowest BCUT2D eigenvalue weighted by molar-refractivity contribution is 0.0726. The van der Waals surface area contributed by atoms with Gasteiger partial charge in [0.05, 0.1) is 6.61 Å². The number of carbonyl (C=O) groups excluding carboxylic acids is 1. The van der Waals surface area contributed by atoms with Crippen molar-refractivity contribution in [3.63, 3.8) is 0 Å². The number of ether oxygens (including phenoxy) is 1. The highest BCUT2D eigenvalue weighted by Crippen LogP contribution is 2.16. The fourth-order valence-electron chi connectivity index (χ4n) is 1.85. The van der Waals surface area contributed by atoms with Gasteiger partial charge < -0.3 is 4.74 Å². The van der Waals surface area contributed by atoms with Gasteiger partial charge in [-0.1, -0.05) is 41.9 Å². The van der Waals surface area contributed by atoms with Crippen LogP contribution in [0.1, 0.15) is 21.5 Å². The fraction of sp³-hybridized carbons (Fsp3) is 0.188. The summed E-state index contributed by atoms with van der Waals surface area (Å²) in [4.78, 5) is 12.0. The summed E-state index contributed by atoms with van der Waals surface area (Å²) in [6, 6.07) is 15.0. The Morgan fingerprint density at radius 3 is 2.58 bits per heavy atom. The number of hydrogen-bond acceptors (Lipinski definition) is 2. The van der Waals surface area contributed by atoms with Gasteiger partial charge in [-0.15, -0.1) is 0 Å². The second kappa shape index (κ2) is 6.50. The topological polar surface area (TPSA) is 26.3 Å². The van der Waals surface area contributed by atoms with Crippen molar-refractivity contribution < 1.29 is 9.53 Å². The van der Waals surface area contributed by atoms with Gasteiger partial charge in [0, 0.05) is 10.6 Å². The van der Waals surface area contributed by atoms with E-state index in [0.717, 1.165) is 11.1 Å². The second-order valence-corrected chi connectivity index (χ2v) is 4.80. The molecule has 2 rings (SSSR count). The van der Waals surface area contributed by atoms with Crippen molar-refractivity contribution in [2.45, 2.75) is 13.5 Å². The number of benzene rings is 2. The van der Waals surface area contributed by atoms with Crippen LogP contribution in [0.5, 0.6) is 0 Å². The molecular weight excluding hydrogens is 260 g/mol. The Bertz CT molecular complexity index is 564. The molecule has 98 valence electrons. The Labute approximate surface area is 118 Å². The molecule has 0 heterocycles. The van der Waals surface area contributed by atoms with E-state index in [9.17, 15) is 4.79 Å². The Hall–Kier alpha value is -1.64. The van der Waals surface area contributed by atoms with Gasteiger partial charge in [-0.2, -0.15) is 0 Å². The fourth-order valence-corrected chi connectivity index (χ4v) is 2.08. The van der Waals surface area contributed by atoms with Crippen molar-refractivity contribution in [1.82, 2.24) is 0 Å². The van der Waals surface area contributed by atoms with E-state index in [1.807, 2.05) is 37.3 Å². The predicted molar refractivity (Wildman–Crippen MR) is 76.6 cm³/mol. The molecule has 0 fully saturated rings. The molecule has 0 saturated carbocycles. The zero-order chi connectivity index (χ0) is 13.7. The number of rotatable bonds is 5. The van der Waals surface area contributed by atoms with Crippen molar-refractivity contribution >= 4 is 17.4 Å². The maximum atomic E-state index is 12.0. The minimum Gasteiger partial charge on any atom is -0.369 e. The third kappa shape index (κ3) is 3.91. The number of ketones is 1. The van der Waals surface area contributed by atoms with Crippen LogP contribution >= 0.6 is 11.6 Å². The minimum absolute atomic E-state index is 0.0231. The summed E-state index contributed by atoms with van der Waals surface area (Å²) >= 11 is 5.86. The zero-order valence-corrected chi connectivity index (χ0v) is 11.5. The Morgan fingerprint density at radius 1 is 1.16 bits per heavy atom. The number of halogens is 1. The SMILES string of the molecule is Cc1cc(Cl)ccc1C(=O)COCc1ccccc1. The van der Waals surface area contributed by atoms with Gasteiger partial charge in [0.15, 0.2) is 5.78 Å². The van der Waals surface area contributed by atoms with E-state index >= 15 is 0 Å². The molecule has 0 amide bonds. The van der Waals surface area contributed by atoms with E-state index in [4.69, 9.17) is 16.3 Å². The summed E-state index contributed by atoms with van der Waals surface area (Å²) in [5, 5.41) is 0.638. The summed E-state index contributed by atoms with van der Waals surface area (Å²) in [6.07, 6.45) is 0. The van der Waals surface area contributed by atoms with E-state index in [2.05, 4.69) is 0 Å².